The number of fused-ring (bicyclic) bond motifs is 1. The van der Waals surface area contributed by atoms with Crippen molar-refractivity contribution in [3.05, 3.63) is 95.9 Å². The predicted molar refractivity (Wildman–Crippen MR) is 152 cm³/mol. The molecule has 0 bridgehead atoms. The van der Waals surface area contributed by atoms with Crippen LogP contribution in [-0.2, 0) is 6.61 Å². The van der Waals surface area contributed by atoms with Gasteiger partial charge in [-0.3, -0.25) is 4.79 Å². The number of nitrogens with zero attached hydrogens (tertiary/aromatic N) is 3. The minimum absolute atomic E-state index is 0.00842. The highest BCUT2D eigenvalue weighted by Crippen LogP contribution is 2.34. The van der Waals surface area contributed by atoms with Gasteiger partial charge in [0.2, 0.25) is 0 Å². The predicted octanol–water partition coefficient (Wildman–Crippen LogP) is 7.56. The zero-order chi connectivity index (χ0) is 25.8. The number of rotatable bonds is 8. The van der Waals surface area contributed by atoms with Crippen LogP contribution in [0.3, 0.4) is 0 Å². The summed E-state index contributed by atoms with van der Waals surface area (Å²) >= 11 is 13.3. The quantitative estimate of drug-likeness (QED) is 0.188. The van der Waals surface area contributed by atoms with Crippen LogP contribution in [0.4, 0.5) is 0 Å². The normalized spacial score (nSPS) is 11.5. The Morgan fingerprint density at radius 1 is 1.08 bits per heavy atom. The van der Waals surface area contributed by atoms with E-state index < -0.39 is 0 Å². The van der Waals surface area contributed by atoms with Gasteiger partial charge in [-0.2, -0.15) is 9.78 Å². The monoisotopic (exact) mass is 631 g/mol. The van der Waals surface area contributed by atoms with Gasteiger partial charge in [0.25, 0.3) is 5.56 Å². The highest BCUT2D eigenvalue weighted by molar-refractivity contribution is 9.10. The fourth-order valence-corrected chi connectivity index (χ4v) is 4.55. The largest absolute Gasteiger partial charge is 0.490 e. The molecule has 0 atom stereocenters. The van der Waals surface area contributed by atoms with Crippen molar-refractivity contribution in [1.29, 1.82) is 0 Å². The lowest BCUT2D eigenvalue weighted by atomic mass is 10.2. The van der Waals surface area contributed by atoms with Crippen molar-refractivity contribution in [2.75, 3.05) is 6.61 Å². The number of aromatic nitrogens is 2. The van der Waals surface area contributed by atoms with E-state index in [9.17, 15) is 4.79 Å². The minimum atomic E-state index is -0.234. The van der Waals surface area contributed by atoms with Gasteiger partial charge in [-0.25, -0.2) is 4.98 Å². The molecular formula is C27H24Br2ClN3O3. The maximum atomic E-state index is 13.3. The van der Waals surface area contributed by atoms with Gasteiger partial charge in [0, 0.05) is 31.0 Å². The second-order valence-electron chi connectivity index (χ2n) is 8.28. The number of hydrogen-bond donors (Lipinski definition) is 0. The number of halogens is 3. The Labute approximate surface area is 231 Å². The van der Waals surface area contributed by atoms with Gasteiger partial charge in [0.1, 0.15) is 12.4 Å². The average molecular weight is 634 g/mol. The summed E-state index contributed by atoms with van der Waals surface area (Å²) in [6.45, 7) is 6.62. The van der Waals surface area contributed by atoms with Crippen molar-refractivity contribution in [1.82, 2.24) is 9.66 Å². The van der Waals surface area contributed by atoms with Crippen molar-refractivity contribution in [3.8, 4) is 11.5 Å². The van der Waals surface area contributed by atoms with Crippen LogP contribution in [-0.4, -0.2) is 22.5 Å². The Morgan fingerprint density at radius 3 is 2.56 bits per heavy atom. The van der Waals surface area contributed by atoms with E-state index >= 15 is 0 Å². The van der Waals surface area contributed by atoms with E-state index in [1.54, 1.807) is 12.3 Å². The molecule has 36 heavy (non-hydrogen) atoms. The molecule has 4 rings (SSSR count). The van der Waals surface area contributed by atoms with Crippen LogP contribution in [0.1, 0.15) is 43.6 Å². The van der Waals surface area contributed by atoms with Gasteiger partial charge < -0.3 is 9.47 Å². The third kappa shape index (κ3) is 5.82. The first-order valence-corrected chi connectivity index (χ1v) is 13.3. The molecule has 0 saturated heterocycles. The Kier molecular flexibility index (Phi) is 8.49. The van der Waals surface area contributed by atoms with E-state index in [-0.39, 0.29) is 11.5 Å². The third-order valence-electron chi connectivity index (χ3n) is 5.37. The molecule has 0 amide bonds. The summed E-state index contributed by atoms with van der Waals surface area (Å²) in [6.07, 6.45) is 1.61. The van der Waals surface area contributed by atoms with Gasteiger partial charge in [0.05, 0.1) is 23.7 Å². The molecule has 0 unspecified atom stereocenters. The lowest BCUT2D eigenvalue weighted by molar-refractivity contribution is 0.269. The Bertz CT molecular complexity index is 1500. The molecule has 0 aliphatic carbocycles. The standard InChI is InChI=1S/C27H24Br2ClN3O3/c1-4-35-24-11-18(21(29)13-25(24)36-15-17-7-5-6-8-22(17)30)14-31-33-26(16(2)3)32-23-10-9-19(28)12-20(23)27(33)34/h5-14,16H,4,15H2,1-3H3. The van der Waals surface area contributed by atoms with E-state index in [0.717, 1.165) is 20.1 Å². The van der Waals surface area contributed by atoms with Crippen LogP contribution in [0, 0.1) is 0 Å². The van der Waals surface area contributed by atoms with Gasteiger partial charge in [-0.1, -0.05) is 59.6 Å². The summed E-state index contributed by atoms with van der Waals surface area (Å²) in [6, 6.07) is 16.6. The zero-order valence-electron chi connectivity index (χ0n) is 20.0. The van der Waals surface area contributed by atoms with Gasteiger partial charge in [-0.15, -0.1) is 0 Å². The fraction of sp³-hybridized carbons (Fsp3) is 0.222. The van der Waals surface area contributed by atoms with Crippen molar-refractivity contribution >= 4 is 60.6 Å². The zero-order valence-corrected chi connectivity index (χ0v) is 23.9. The second-order valence-corrected chi connectivity index (χ2v) is 10.5. The van der Waals surface area contributed by atoms with Crippen molar-refractivity contribution in [2.45, 2.75) is 33.3 Å². The highest BCUT2D eigenvalue weighted by atomic mass is 79.9. The molecule has 0 N–H and O–H groups in total. The fourth-order valence-electron chi connectivity index (χ4n) is 3.57. The lowest BCUT2D eigenvalue weighted by Gasteiger charge is -2.15. The average Bonchev–Trinajstić information content (AvgIpc) is 2.85. The molecule has 9 heteroatoms. The maximum absolute atomic E-state index is 13.3. The van der Waals surface area contributed by atoms with Crippen LogP contribution < -0.4 is 15.0 Å². The first-order valence-electron chi connectivity index (χ1n) is 11.4. The van der Waals surface area contributed by atoms with E-state index in [1.807, 2.05) is 69.3 Å². The van der Waals surface area contributed by atoms with Crippen LogP contribution in [0.5, 0.6) is 11.5 Å². The second kappa shape index (κ2) is 11.6. The maximum Gasteiger partial charge on any atom is 0.282 e. The van der Waals surface area contributed by atoms with Crippen molar-refractivity contribution < 1.29 is 9.47 Å². The molecule has 3 aromatic carbocycles. The molecule has 186 valence electrons. The number of benzene rings is 3. The third-order valence-corrected chi connectivity index (χ3v) is 6.91. The van der Waals surface area contributed by atoms with E-state index in [1.165, 1.54) is 4.68 Å². The number of hydrogen-bond acceptors (Lipinski definition) is 5. The van der Waals surface area contributed by atoms with Crippen LogP contribution >= 0.6 is 43.5 Å². The van der Waals surface area contributed by atoms with Gasteiger partial charge in [-0.05, 0) is 59.3 Å². The molecule has 0 spiro atoms. The van der Waals surface area contributed by atoms with Crippen LogP contribution in [0.25, 0.3) is 10.9 Å². The lowest BCUT2D eigenvalue weighted by Crippen LogP contribution is -2.23. The summed E-state index contributed by atoms with van der Waals surface area (Å²) < 4.78 is 14.8. The summed E-state index contributed by atoms with van der Waals surface area (Å²) in [5.74, 6) is 1.70. The molecular weight excluding hydrogens is 610 g/mol. The molecule has 1 heterocycles. The van der Waals surface area contributed by atoms with Crippen molar-refractivity contribution in [3.63, 3.8) is 0 Å². The summed E-state index contributed by atoms with van der Waals surface area (Å²) in [4.78, 5) is 18.0. The molecule has 4 aromatic rings. The Balaban J connectivity index is 1.71. The highest BCUT2D eigenvalue weighted by Gasteiger charge is 2.15. The first kappa shape index (κ1) is 26.4. The van der Waals surface area contributed by atoms with E-state index in [4.69, 9.17) is 26.1 Å². The van der Waals surface area contributed by atoms with Crippen LogP contribution in [0.2, 0.25) is 5.02 Å². The molecule has 0 aliphatic rings. The minimum Gasteiger partial charge on any atom is -0.490 e. The molecule has 0 saturated carbocycles. The molecule has 1 aromatic heterocycles. The van der Waals surface area contributed by atoms with Crippen LogP contribution in [0.15, 0.2) is 73.4 Å². The van der Waals surface area contributed by atoms with Gasteiger partial charge >= 0.3 is 0 Å². The Hall–Kier alpha value is -2.68. The van der Waals surface area contributed by atoms with Gasteiger partial charge in [0.15, 0.2) is 11.5 Å². The van der Waals surface area contributed by atoms with E-state index in [2.05, 4.69) is 37.0 Å². The summed E-state index contributed by atoms with van der Waals surface area (Å²) in [5.41, 5.74) is 2.00. The number of ether oxygens (including phenoxy) is 2. The van der Waals surface area contributed by atoms with Crippen molar-refractivity contribution in [2.24, 2.45) is 5.10 Å². The summed E-state index contributed by atoms with van der Waals surface area (Å²) in [7, 11) is 0. The first-order chi connectivity index (χ1) is 17.3. The molecule has 0 fully saturated rings. The molecule has 6 nitrogen and oxygen atoms in total. The Morgan fingerprint density at radius 2 is 1.83 bits per heavy atom. The SMILES string of the molecule is CCOc1cc(C=Nn2c(C(C)C)nc3ccc(Br)cc3c2=O)c(Br)cc1OCc1ccccc1Cl. The smallest absolute Gasteiger partial charge is 0.282 e. The summed E-state index contributed by atoms with van der Waals surface area (Å²) in [5, 5.41) is 5.66. The van der Waals surface area contributed by atoms with E-state index in [0.29, 0.717) is 46.5 Å². The topological polar surface area (TPSA) is 65.7 Å². The molecule has 0 radical (unpaired) electrons. The molecule has 0 aliphatic heterocycles.